The zero-order valence-corrected chi connectivity index (χ0v) is 21.4. The third-order valence-electron chi connectivity index (χ3n) is 5.16. The highest BCUT2D eigenvalue weighted by Crippen LogP contribution is 2.32. The Morgan fingerprint density at radius 1 is 0.865 bits per heavy atom. The van der Waals surface area contributed by atoms with E-state index in [4.69, 9.17) is 18.9 Å². The normalized spacial score (nSPS) is 11.2. The summed E-state index contributed by atoms with van der Waals surface area (Å²) in [4.78, 5) is 12.6. The van der Waals surface area contributed by atoms with Crippen LogP contribution in [-0.4, -0.2) is 55.5 Å². The predicted molar refractivity (Wildman–Crippen MR) is 136 cm³/mol. The number of hydrazone groups is 1. The Morgan fingerprint density at radius 2 is 1.43 bits per heavy atom. The Bertz CT molecular complexity index is 1380. The molecular formula is C25H26FN3O7S. The summed E-state index contributed by atoms with van der Waals surface area (Å²) in [5, 5.41) is 3.90. The predicted octanol–water partition coefficient (Wildman–Crippen LogP) is 3.21. The zero-order chi connectivity index (χ0) is 27.0. The molecule has 0 saturated carbocycles. The van der Waals surface area contributed by atoms with E-state index in [2.05, 4.69) is 10.5 Å². The second-order valence-electron chi connectivity index (χ2n) is 7.41. The number of hydrogen-bond acceptors (Lipinski definition) is 8. The van der Waals surface area contributed by atoms with Gasteiger partial charge in [0, 0.05) is 6.07 Å². The van der Waals surface area contributed by atoms with Crippen molar-refractivity contribution in [1.82, 2.24) is 5.43 Å². The molecule has 0 unspecified atom stereocenters. The fourth-order valence-electron chi connectivity index (χ4n) is 3.30. The summed E-state index contributed by atoms with van der Waals surface area (Å²) in [5.41, 5.74) is 2.99. The highest BCUT2D eigenvalue weighted by Gasteiger charge is 2.28. The van der Waals surface area contributed by atoms with Gasteiger partial charge in [-0.25, -0.2) is 18.2 Å². The Kier molecular flexibility index (Phi) is 8.90. The molecule has 0 spiro atoms. The summed E-state index contributed by atoms with van der Waals surface area (Å²) in [6.07, 6.45) is 1.37. The van der Waals surface area contributed by atoms with E-state index >= 15 is 0 Å². The SMILES string of the molecule is COc1ccc(/C=N\NC(=O)CN(c2ccc(F)cc2)S(=O)(=O)c2ccc(OC)c(OC)c2)cc1OC. The Labute approximate surface area is 214 Å². The summed E-state index contributed by atoms with van der Waals surface area (Å²) in [5.74, 6) is 0.227. The van der Waals surface area contributed by atoms with Crippen LogP contribution < -0.4 is 28.7 Å². The molecule has 0 radical (unpaired) electrons. The first-order chi connectivity index (χ1) is 17.7. The molecule has 0 heterocycles. The van der Waals surface area contributed by atoms with Crippen molar-refractivity contribution in [3.63, 3.8) is 0 Å². The van der Waals surface area contributed by atoms with Crippen LogP contribution in [0.5, 0.6) is 23.0 Å². The molecule has 37 heavy (non-hydrogen) atoms. The monoisotopic (exact) mass is 531 g/mol. The highest BCUT2D eigenvalue weighted by molar-refractivity contribution is 7.92. The van der Waals surface area contributed by atoms with Crippen molar-refractivity contribution in [2.75, 3.05) is 39.3 Å². The third kappa shape index (κ3) is 6.47. The summed E-state index contributed by atoms with van der Waals surface area (Å²) in [6, 6.07) is 13.8. The molecule has 0 aromatic heterocycles. The van der Waals surface area contributed by atoms with Gasteiger partial charge in [0.25, 0.3) is 15.9 Å². The van der Waals surface area contributed by atoms with Gasteiger partial charge in [-0.2, -0.15) is 5.10 Å². The molecule has 3 rings (SSSR count). The lowest BCUT2D eigenvalue weighted by Crippen LogP contribution is -2.39. The number of halogens is 1. The minimum Gasteiger partial charge on any atom is -0.493 e. The molecule has 1 amide bonds. The van der Waals surface area contributed by atoms with Gasteiger partial charge in [0.1, 0.15) is 12.4 Å². The number of sulfonamides is 1. The minimum absolute atomic E-state index is 0.0789. The minimum atomic E-state index is -4.28. The fraction of sp³-hybridized carbons (Fsp3) is 0.200. The summed E-state index contributed by atoms with van der Waals surface area (Å²) >= 11 is 0. The summed E-state index contributed by atoms with van der Waals surface area (Å²) < 4.78 is 62.2. The fourth-order valence-corrected chi connectivity index (χ4v) is 4.74. The molecule has 3 aromatic rings. The summed E-state index contributed by atoms with van der Waals surface area (Å²) in [6.45, 7) is -0.633. The maximum absolute atomic E-state index is 13.5. The van der Waals surface area contributed by atoms with Crippen molar-refractivity contribution < 1.29 is 36.6 Å². The van der Waals surface area contributed by atoms with Gasteiger partial charge < -0.3 is 18.9 Å². The van der Waals surface area contributed by atoms with Crippen LogP contribution in [0.15, 0.2) is 70.7 Å². The van der Waals surface area contributed by atoms with Gasteiger partial charge in [-0.05, 0) is 60.2 Å². The maximum atomic E-state index is 13.5. The third-order valence-corrected chi connectivity index (χ3v) is 6.93. The van der Waals surface area contributed by atoms with E-state index in [1.165, 1.54) is 65.0 Å². The van der Waals surface area contributed by atoms with Crippen molar-refractivity contribution >= 4 is 27.8 Å². The maximum Gasteiger partial charge on any atom is 0.264 e. The molecule has 0 fully saturated rings. The lowest BCUT2D eigenvalue weighted by Gasteiger charge is -2.24. The number of anilines is 1. The number of carbonyl (C=O) groups excluding carboxylic acids is 1. The van der Waals surface area contributed by atoms with Gasteiger partial charge in [0.05, 0.1) is 45.2 Å². The van der Waals surface area contributed by atoms with Crippen LogP contribution in [0.25, 0.3) is 0 Å². The van der Waals surface area contributed by atoms with Gasteiger partial charge in [-0.1, -0.05) is 0 Å². The van der Waals surface area contributed by atoms with Crippen molar-refractivity contribution in [1.29, 1.82) is 0 Å². The highest BCUT2D eigenvalue weighted by atomic mass is 32.2. The van der Waals surface area contributed by atoms with E-state index in [1.54, 1.807) is 18.2 Å². The Hall–Kier alpha value is -4.32. The molecule has 0 atom stereocenters. The Balaban J connectivity index is 1.86. The lowest BCUT2D eigenvalue weighted by atomic mass is 10.2. The van der Waals surface area contributed by atoms with Gasteiger partial charge in [0.2, 0.25) is 0 Å². The standard InChI is InChI=1S/C25H26FN3O7S/c1-33-21-11-5-17(13-23(21)35-3)15-27-28-25(30)16-29(19-8-6-18(26)7-9-19)37(31,32)20-10-12-22(34-2)24(14-20)36-4/h5-15H,16H2,1-4H3,(H,28,30)/b27-15-. The number of ether oxygens (including phenoxy) is 4. The van der Waals surface area contributed by atoms with Crippen molar-refractivity contribution in [2.24, 2.45) is 5.10 Å². The van der Waals surface area contributed by atoms with E-state index < -0.39 is 28.3 Å². The number of nitrogens with zero attached hydrogens (tertiary/aromatic N) is 2. The van der Waals surface area contributed by atoms with E-state index in [-0.39, 0.29) is 16.3 Å². The molecule has 1 N–H and O–H groups in total. The van der Waals surface area contributed by atoms with Gasteiger partial charge in [-0.15, -0.1) is 0 Å². The second-order valence-corrected chi connectivity index (χ2v) is 9.27. The number of amides is 1. The number of methoxy groups -OCH3 is 4. The first-order valence-corrected chi connectivity index (χ1v) is 12.2. The number of carbonyl (C=O) groups is 1. The number of rotatable bonds is 11. The lowest BCUT2D eigenvalue weighted by molar-refractivity contribution is -0.119. The van der Waals surface area contributed by atoms with E-state index in [0.29, 0.717) is 22.8 Å². The summed E-state index contributed by atoms with van der Waals surface area (Å²) in [7, 11) is 1.51. The first-order valence-electron chi connectivity index (χ1n) is 10.8. The van der Waals surface area contributed by atoms with Gasteiger partial charge >= 0.3 is 0 Å². The molecule has 12 heteroatoms. The molecule has 3 aromatic carbocycles. The van der Waals surface area contributed by atoms with Gasteiger partial charge in [0.15, 0.2) is 23.0 Å². The van der Waals surface area contributed by atoms with Crippen LogP contribution in [0.1, 0.15) is 5.56 Å². The molecule has 0 bridgehead atoms. The van der Waals surface area contributed by atoms with Crippen LogP contribution in [0.3, 0.4) is 0 Å². The molecule has 0 saturated heterocycles. The number of benzene rings is 3. The van der Waals surface area contributed by atoms with Crippen LogP contribution in [0.4, 0.5) is 10.1 Å². The molecule has 0 aliphatic heterocycles. The molecule has 10 nitrogen and oxygen atoms in total. The molecule has 0 aliphatic rings. The quantitative estimate of drug-likeness (QED) is 0.298. The van der Waals surface area contributed by atoms with E-state index in [0.717, 1.165) is 16.4 Å². The van der Waals surface area contributed by atoms with Crippen molar-refractivity contribution in [2.45, 2.75) is 4.90 Å². The number of nitrogens with one attached hydrogen (secondary N) is 1. The van der Waals surface area contributed by atoms with Crippen LogP contribution in [-0.2, 0) is 14.8 Å². The van der Waals surface area contributed by atoms with Crippen molar-refractivity contribution in [3.05, 3.63) is 72.0 Å². The Morgan fingerprint density at radius 3 is 2.03 bits per heavy atom. The van der Waals surface area contributed by atoms with E-state index in [1.807, 2.05) is 0 Å². The molecular weight excluding hydrogens is 505 g/mol. The largest absolute Gasteiger partial charge is 0.493 e. The van der Waals surface area contributed by atoms with Gasteiger partial charge in [-0.3, -0.25) is 9.10 Å². The smallest absolute Gasteiger partial charge is 0.264 e. The second kappa shape index (κ2) is 12.1. The van der Waals surface area contributed by atoms with Crippen LogP contribution in [0.2, 0.25) is 0 Å². The topological polar surface area (TPSA) is 116 Å². The molecule has 0 aliphatic carbocycles. The van der Waals surface area contributed by atoms with Crippen LogP contribution >= 0.6 is 0 Å². The first kappa shape index (κ1) is 27.3. The van der Waals surface area contributed by atoms with Crippen molar-refractivity contribution in [3.8, 4) is 23.0 Å². The van der Waals surface area contributed by atoms with E-state index in [9.17, 15) is 17.6 Å². The zero-order valence-electron chi connectivity index (χ0n) is 20.6. The average Bonchev–Trinajstić information content (AvgIpc) is 2.91. The van der Waals surface area contributed by atoms with Crippen LogP contribution in [0, 0.1) is 5.82 Å². The number of hydrogen-bond donors (Lipinski definition) is 1. The average molecular weight is 532 g/mol. The molecule has 196 valence electrons.